The number of methoxy groups -OCH3 is 1. The lowest BCUT2D eigenvalue weighted by atomic mass is 9.75. The standard InChI is InChI=1S/C31H32N4O5/c1-40-25-12-10-21(11-13-25)15-31(28(37)32-30(39)35(29(31)38)17-22-6-3-2-4-7-22)20-33-16-23-14-24(19-33)26-8-5-9-27(36)34(26)18-23/h2-13,23-24H,14-20H2,1H3,(H,32,37,39)/t23-,24+,31?/m1/s1. The van der Waals surface area contributed by atoms with E-state index in [9.17, 15) is 19.2 Å². The molecule has 3 aliphatic heterocycles. The second-order valence-electron chi connectivity index (χ2n) is 11.1. The van der Waals surface area contributed by atoms with Crippen LogP contribution in [0, 0.1) is 11.3 Å². The third kappa shape index (κ3) is 4.70. The molecule has 2 aromatic carbocycles. The van der Waals surface area contributed by atoms with Crippen molar-refractivity contribution in [1.82, 2.24) is 19.7 Å². The van der Waals surface area contributed by atoms with Gasteiger partial charge in [-0.2, -0.15) is 0 Å². The molecule has 2 fully saturated rings. The molecule has 2 saturated heterocycles. The van der Waals surface area contributed by atoms with Crippen molar-refractivity contribution < 1.29 is 19.1 Å². The maximum Gasteiger partial charge on any atom is 0.331 e. The van der Waals surface area contributed by atoms with Crippen molar-refractivity contribution in [2.75, 3.05) is 26.7 Å². The molecule has 0 aliphatic carbocycles. The maximum absolute atomic E-state index is 14.3. The van der Waals surface area contributed by atoms with E-state index in [1.54, 1.807) is 31.4 Å². The molecule has 6 rings (SSSR count). The molecular formula is C31H32N4O5. The van der Waals surface area contributed by atoms with Gasteiger partial charge in [-0.1, -0.05) is 48.5 Å². The fourth-order valence-corrected chi connectivity index (χ4v) is 6.59. The fourth-order valence-electron chi connectivity index (χ4n) is 6.59. The first-order valence-electron chi connectivity index (χ1n) is 13.6. The van der Waals surface area contributed by atoms with Crippen molar-refractivity contribution in [3.8, 4) is 5.75 Å². The van der Waals surface area contributed by atoms with E-state index in [-0.39, 0.29) is 36.9 Å². The van der Waals surface area contributed by atoms with Crippen LogP contribution in [0.2, 0.25) is 0 Å². The van der Waals surface area contributed by atoms with Gasteiger partial charge in [0.2, 0.25) is 11.8 Å². The first kappa shape index (κ1) is 26.0. The molecule has 3 aliphatic rings. The number of hydrogen-bond acceptors (Lipinski definition) is 6. The summed E-state index contributed by atoms with van der Waals surface area (Å²) < 4.78 is 7.16. The lowest BCUT2D eigenvalue weighted by molar-refractivity contribution is -0.154. The number of amides is 4. The second-order valence-corrected chi connectivity index (χ2v) is 11.1. The van der Waals surface area contributed by atoms with Crippen LogP contribution in [-0.4, -0.2) is 59.0 Å². The number of rotatable bonds is 7. The Bertz CT molecular complexity index is 1500. The first-order valence-corrected chi connectivity index (χ1v) is 13.6. The molecule has 0 spiro atoms. The van der Waals surface area contributed by atoms with E-state index < -0.39 is 23.3 Å². The predicted molar refractivity (Wildman–Crippen MR) is 148 cm³/mol. The molecule has 4 amide bonds. The van der Waals surface area contributed by atoms with Crippen LogP contribution in [0.25, 0.3) is 0 Å². The van der Waals surface area contributed by atoms with Crippen LogP contribution in [0.5, 0.6) is 5.75 Å². The Labute approximate surface area is 232 Å². The van der Waals surface area contributed by atoms with Gasteiger partial charge in [-0.15, -0.1) is 0 Å². The number of aromatic nitrogens is 1. The van der Waals surface area contributed by atoms with Crippen molar-refractivity contribution in [2.45, 2.75) is 31.8 Å². The fraction of sp³-hybridized carbons (Fsp3) is 0.355. The van der Waals surface area contributed by atoms with Gasteiger partial charge in [0.25, 0.3) is 5.56 Å². The topological polar surface area (TPSA) is 101 Å². The second kappa shape index (κ2) is 10.4. The van der Waals surface area contributed by atoms with E-state index in [2.05, 4.69) is 10.2 Å². The highest BCUT2D eigenvalue weighted by Crippen LogP contribution is 2.38. The Kier molecular flexibility index (Phi) is 6.75. The van der Waals surface area contributed by atoms with Crippen LogP contribution in [0.4, 0.5) is 4.79 Å². The number of barbiturate groups is 1. The lowest BCUT2D eigenvalue weighted by Crippen LogP contribution is -2.67. The van der Waals surface area contributed by atoms with E-state index in [1.165, 1.54) is 4.90 Å². The minimum absolute atomic E-state index is 0.00790. The van der Waals surface area contributed by atoms with Gasteiger partial charge in [-0.05, 0) is 48.1 Å². The third-order valence-corrected chi connectivity index (χ3v) is 8.45. The lowest BCUT2D eigenvalue weighted by Gasteiger charge is -2.47. The molecule has 1 N–H and O–H groups in total. The summed E-state index contributed by atoms with van der Waals surface area (Å²) in [6.07, 6.45) is 1.10. The average molecular weight is 541 g/mol. The van der Waals surface area contributed by atoms with Crippen LogP contribution < -0.4 is 15.6 Å². The van der Waals surface area contributed by atoms with Gasteiger partial charge in [0.1, 0.15) is 11.2 Å². The summed E-state index contributed by atoms with van der Waals surface area (Å²) in [5.41, 5.74) is 1.10. The minimum Gasteiger partial charge on any atom is -0.497 e. The van der Waals surface area contributed by atoms with Crippen LogP contribution in [0.1, 0.15) is 29.2 Å². The zero-order chi connectivity index (χ0) is 27.9. The van der Waals surface area contributed by atoms with Crippen molar-refractivity contribution in [3.63, 3.8) is 0 Å². The highest BCUT2D eigenvalue weighted by molar-refractivity contribution is 6.19. The Balaban J connectivity index is 1.34. The van der Waals surface area contributed by atoms with Crippen LogP contribution in [-0.2, 0) is 29.1 Å². The van der Waals surface area contributed by atoms with Crippen molar-refractivity contribution >= 4 is 17.8 Å². The van der Waals surface area contributed by atoms with Gasteiger partial charge >= 0.3 is 6.03 Å². The normalized spacial score (nSPS) is 24.4. The van der Waals surface area contributed by atoms with Gasteiger partial charge < -0.3 is 14.2 Å². The molecular weight excluding hydrogens is 508 g/mol. The molecule has 1 unspecified atom stereocenters. The van der Waals surface area contributed by atoms with E-state index in [1.807, 2.05) is 53.1 Å². The summed E-state index contributed by atoms with van der Waals surface area (Å²) in [6.45, 7) is 2.15. The number of benzene rings is 2. The average Bonchev–Trinajstić information content (AvgIpc) is 2.96. The number of urea groups is 1. The smallest absolute Gasteiger partial charge is 0.331 e. The molecule has 3 aromatic rings. The van der Waals surface area contributed by atoms with Crippen molar-refractivity contribution in [3.05, 3.63) is 100.0 Å². The molecule has 1 aromatic heterocycles. The molecule has 9 heteroatoms. The number of hydrogen-bond donors (Lipinski definition) is 1. The summed E-state index contributed by atoms with van der Waals surface area (Å²) >= 11 is 0. The number of carbonyl (C=O) groups excluding carboxylic acids is 3. The molecule has 206 valence electrons. The van der Waals surface area contributed by atoms with Crippen molar-refractivity contribution in [2.24, 2.45) is 11.3 Å². The van der Waals surface area contributed by atoms with E-state index in [0.29, 0.717) is 25.4 Å². The quantitative estimate of drug-likeness (QED) is 0.463. The van der Waals surface area contributed by atoms with Gasteiger partial charge in [-0.3, -0.25) is 24.6 Å². The van der Waals surface area contributed by atoms with Gasteiger partial charge in [-0.25, -0.2) is 4.79 Å². The predicted octanol–water partition coefficient (Wildman–Crippen LogP) is 2.78. The highest BCUT2D eigenvalue weighted by atomic mass is 16.5. The molecule has 0 radical (unpaired) electrons. The number of nitrogens with zero attached hydrogens (tertiary/aromatic N) is 3. The summed E-state index contributed by atoms with van der Waals surface area (Å²) in [5, 5.41) is 2.51. The molecule has 9 nitrogen and oxygen atoms in total. The summed E-state index contributed by atoms with van der Waals surface area (Å²) in [6, 6.07) is 21.3. The Morgan fingerprint density at radius 2 is 1.65 bits per heavy atom. The van der Waals surface area contributed by atoms with E-state index in [0.717, 1.165) is 23.2 Å². The molecule has 2 bridgehead atoms. The number of piperidine rings is 1. The zero-order valence-electron chi connectivity index (χ0n) is 22.4. The Morgan fingerprint density at radius 3 is 2.40 bits per heavy atom. The number of imide groups is 2. The van der Waals surface area contributed by atoms with Crippen LogP contribution in [0.15, 0.2) is 77.6 Å². The number of nitrogens with one attached hydrogen (secondary N) is 1. The zero-order valence-corrected chi connectivity index (χ0v) is 22.4. The molecule has 4 heterocycles. The van der Waals surface area contributed by atoms with Crippen LogP contribution in [0.3, 0.4) is 0 Å². The highest BCUT2D eigenvalue weighted by Gasteiger charge is 2.55. The Hall–Kier alpha value is -4.24. The largest absolute Gasteiger partial charge is 0.497 e. The monoisotopic (exact) mass is 540 g/mol. The minimum atomic E-state index is -1.50. The molecule has 0 saturated carbocycles. The molecule has 3 atom stereocenters. The number of carbonyl (C=O) groups is 3. The van der Waals surface area contributed by atoms with E-state index >= 15 is 0 Å². The van der Waals surface area contributed by atoms with Gasteiger partial charge in [0, 0.05) is 43.9 Å². The summed E-state index contributed by atoms with van der Waals surface area (Å²) in [7, 11) is 1.58. The van der Waals surface area contributed by atoms with Gasteiger partial charge in [0.05, 0.1) is 13.7 Å². The SMILES string of the molecule is COc1ccc(CC2(CN3C[C@H]4C[C@@H](C3)c3cccc(=O)n3C4)C(=O)NC(=O)N(Cc3ccccc3)C2=O)cc1. The number of likely N-dealkylation sites (tertiary alicyclic amines) is 1. The van der Waals surface area contributed by atoms with E-state index in [4.69, 9.17) is 4.74 Å². The number of ether oxygens (including phenoxy) is 1. The van der Waals surface area contributed by atoms with Crippen molar-refractivity contribution in [1.29, 1.82) is 0 Å². The number of pyridine rings is 1. The first-order chi connectivity index (χ1) is 19.4. The molecule has 40 heavy (non-hydrogen) atoms. The Morgan fingerprint density at radius 1 is 0.875 bits per heavy atom. The summed E-state index contributed by atoms with van der Waals surface area (Å²) in [5.74, 6) is -0.0319. The maximum atomic E-state index is 14.3. The van der Waals surface area contributed by atoms with Crippen LogP contribution >= 0.6 is 0 Å². The third-order valence-electron chi connectivity index (χ3n) is 8.45. The summed E-state index contributed by atoms with van der Waals surface area (Å²) in [4.78, 5) is 56.9. The number of fused-ring (bicyclic) bond motifs is 4. The van der Waals surface area contributed by atoms with Gasteiger partial charge in [0.15, 0.2) is 0 Å².